The van der Waals surface area contributed by atoms with Crippen LogP contribution in [0.15, 0.2) is 79.3 Å². The fraction of sp³-hybridized carbons (Fsp3) is 0.0435. The molecular formula is C23H18N6O3. The van der Waals surface area contributed by atoms with Gasteiger partial charge in [-0.3, -0.25) is 4.79 Å². The van der Waals surface area contributed by atoms with Crippen LogP contribution in [0.2, 0.25) is 0 Å². The first-order valence-corrected chi connectivity index (χ1v) is 9.81. The Bertz CT molecular complexity index is 1250. The van der Waals surface area contributed by atoms with E-state index in [0.717, 1.165) is 5.69 Å². The molecular weight excluding hydrogens is 408 g/mol. The molecule has 0 fully saturated rings. The van der Waals surface area contributed by atoms with Crippen LogP contribution in [0.25, 0.3) is 0 Å². The first kappa shape index (κ1) is 19.3. The van der Waals surface area contributed by atoms with E-state index in [9.17, 15) is 4.79 Å². The molecule has 2 aromatic heterocycles. The third kappa shape index (κ3) is 4.41. The van der Waals surface area contributed by atoms with Crippen LogP contribution in [0.4, 0.5) is 28.8 Å². The number of hydrogen-bond acceptors (Lipinski definition) is 8. The van der Waals surface area contributed by atoms with Crippen molar-refractivity contribution >= 4 is 34.7 Å². The summed E-state index contributed by atoms with van der Waals surface area (Å²) in [5.74, 6) is 2.91. The molecule has 32 heavy (non-hydrogen) atoms. The largest absolute Gasteiger partial charge is 0.454 e. The minimum absolute atomic E-state index is 0.169. The Balaban J connectivity index is 1.22. The van der Waals surface area contributed by atoms with E-state index >= 15 is 0 Å². The zero-order chi connectivity index (χ0) is 21.8. The molecule has 0 aliphatic carbocycles. The van der Waals surface area contributed by atoms with Gasteiger partial charge < -0.3 is 25.4 Å². The Hall–Kier alpha value is -4.66. The van der Waals surface area contributed by atoms with Crippen LogP contribution in [0.3, 0.4) is 0 Å². The SMILES string of the molecule is O=C(Nc1ccc(Nc2cc(Nc3ccccn3)ncn2)cc1)c1ccc2c(c1)OCO2. The highest BCUT2D eigenvalue weighted by Crippen LogP contribution is 2.32. The number of fused-ring (bicyclic) bond motifs is 1. The maximum Gasteiger partial charge on any atom is 0.255 e. The molecule has 1 amide bonds. The maximum atomic E-state index is 12.5. The monoisotopic (exact) mass is 426 g/mol. The van der Waals surface area contributed by atoms with Crippen molar-refractivity contribution in [2.24, 2.45) is 0 Å². The lowest BCUT2D eigenvalue weighted by atomic mass is 10.2. The average molecular weight is 426 g/mol. The van der Waals surface area contributed by atoms with E-state index in [-0.39, 0.29) is 12.7 Å². The molecule has 0 radical (unpaired) electrons. The zero-order valence-electron chi connectivity index (χ0n) is 16.8. The van der Waals surface area contributed by atoms with E-state index in [4.69, 9.17) is 9.47 Å². The number of ether oxygens (including phenoxy) is 2. The third-order valence-electron chi connectivity index (χ3n) is 4.64. The van der Waals surface area contributed by atoms with Gasteiger partial charge in [0.1, 0.15) is 23.8 Å². The molecule has 0 spiro atoms. The fourth-order valence-electron chi connectivity index (χ4n) is 3.09. The summed E-state index contributed by atoms with van der Waals surface area (Å²) in [7, 11) is 0. The Kier molecular flexibility index (Phi) is 5.19. The quantitative estimate of drug-likeness (QED) is 0.418. The second-order valence-corrected chi connectivity index (χ2v) is 6.85. The van der Waals surface area contributed by atoms with Gasteiger partial charge in [-0.2, -0.15) is 0 Å². The number of carbonyl (C=O) groups excluding carboxylic acids is 1. The Morgan fingerprint density at radius 1 is 0.750 bits per heavy atom. The Morgan fingerprint density at radius 3 is 2.34 bits per heavy atom. The van der Waals surface area contributed by atoms with E-state index in [0.29, 0.717) is 40.2 Å². The molecule has 1 aliphatic heterocycles. The van der Waals surface area contributed by atoms with Crippen LogP contribution in [0, 0.1) is 0 Å². The summed E-state index contributed by atoms with van der Waals surface area (Å²) in [6, 6.07) is 19.8. The lowest BCUT2D eigenvalue weighted by Gasteiger charge is -2.10. The molecule has 158 valence electrons. The van der Waals surface area contributed by atoms with Crippen molar-refractivity contribution in [3.05, 3.63) is 84.8 Å². The third-order valence-corrected chi connectivity index (χ3v) is 4.64. The lowest BCUT2D eigenvalue weighted by molar-refractivity contribution is 0.102. The topological polar surface area (TPSA) is 110 Å². The summed E-state index contributed by atoms with van der Waals surface area (Å²) in [5.41, 5.74) is 1.97. The van der Waals surface area contributed by atoms with Crippen molar-refractivity contribution in [2.45, 2.75) is 0 Å². The molecule has 3 heterocycles. The molecule has 1 aliphatic rings. The first-order chi connectivity index (χ1) is 15.7. The van der Waals surface area contributed by atoms with Crippen molar-refractivity contribution in [1.29, 1.82) is 0 Å². The number of rotatable bonds is 6. The number of nitrogens with one attached hydrogen (secondary N) is 3. The number of amides is 1. The van der Waals surface area contributed by atoms with E-state index in [2.05, 4.69) is 30.9 Å². The van der Waals surface area contributed by atoms with Crippen molar-refractivity contribution in [3.63, 3.8) is 0 Å². The van der Waals surface area contributed by atoms with Gasteiger partial charge in [-0.25, -0.2) is 15.0 Å². The molecule has 0 saturated heterocycles. The van der Waals surface area contributed by atoms with Crippen LogP contribution >= 0.6 is 0 Å². The summed E-state index contributed by atoms with van der Waals surface area (Å²) in [6.45, 7) is 0.169. The number of anilines is 5. The molecule has 0 unspecified atom stereocenters. The number of carbonyl (C=O) groups is 1. The van der Waals surface area contributed by atoms with Gasteiger partial charge in [0.05, 0.1) is 0 Å². The van der Waals surface area contributed by atoms with Crippen molar-refractivity contribution in [1.82, 2.24) is 15.0 Å². The second-order valence-electron chi connectivity index (χ2n) is 6.85. The second kappa shape index (κ2) is 8.60. The van der Waals surface area contributed by atoms with Crippen LogP contribution in [0.5, 0.6) is 11.5 Å². The van der Waals surface area contributed by atoms with Gasteiger partial charge in [0.25, 0.3) is 5.91 Å². The Morgan fingerprint density at radius 2 is 1.53 bits per heavy atom. The summed E-state index contributed by atoms with van der Waals surface area (Å²) in [5, 5.41) is 9.21. The van der Waals surface area contributed by atoms with Crippen LogP contribution in [-0.4, -0.2) is 27.7 Å². The molecule has 5 rings (SSSR count). The highest BCUT2D eigenvalue weighted by Gasteiger charge is 2.16. The van der Waals surface area contributed by atoms with Crippen LogP contribution in [0.1, 0.15) is 10.4 Å². The van der Waals surface area contributed by atoms with E-state index in [1.165, 1.54) is 6.33 Å². The van der Waals surface area contributed by atoms with Gasteiger partial charge in [0, 0.05) is 29.2 Å². The first-order valence-electron chi connectivity index (χ1n) is 9.81. The number of hydrogen-bond donors (Lipinski definition) is 3. The van der Waals surface area contributed by atoms with Gasteiger partial charge in [0.15, 0.2) is 11.5 Å². The number of pyridine rings is 1. The lowest BCUT2D eigenvalue weighted by Crippen LogP contribution is -2.11. The number of aromatic nitrogens is 3. The summed E-state index contributed by atoms with van der Waals surface area (Å²) in [4.78, 5) is 25.2. The van der Waals surface area contributed by atoms with E-state index < -0.39 is 0 Å². The van der Waals surface area contributed by atoms with Crippen molar-refractivity contribution in [2.75, 3.05) is 22.7 Å². The molecule has 9 heteroatoms. The minimum Gasteiger partial charge on any atom is -0.454 e. The van der Waals surface area contributed by atoms with Crippen LogP contribution in [-0.2, 0) is 0 Å². The molecule has 3 N–H and O–H groups in total. The van der Waals surface area contributed by atoms with Gasteiger partial charge in [-0.1, -0.05) is 6.07 Å². The number of nitrogens with zero attached hydrogens (tertiary/aromatic N) is 3. The molecule has 9 nitrogen and oxygen atoms in total. The minimum atomic E-state index is -0.231. The highest BCUT2D eigenvalue weighted by molar-refractivity contribution is 6.04. The van der Waals surface area contributed by atoms with E-state index in [1.54, 1.807) is 42.6 Å². The predicted octanol–water partition coefficient (Wildman–Crippen LogP) is 4.34. The number of benzene rings is 2. The van der Waals surface area contributed by atoms with Crippen molar-refractivity contribution in [3.8, 4) is 11.5 Å². The summed E-state index contributed by atoms with van der Waals surface area (Å²) < 4.78 is 10.6. The smallest absolute Gasteiger partial charge is 0.255 e. The Labute approximate surface area is 183 Å². The van der Waals surface area contributed by atoms with Gasteiger partial charge in [-0.15, -0.1) is 0 Å². The zero-order valence-corrected chi connectivity index (χ0v) is 16.8. The predicted molar refractivity (Wildman–Crippen MR) is 120 cm³/mol. The molecule has 2 aromatic carbocycles. The molecule has 0 atom stereocenters. The van der Waals surface area contributed by atoms with Gasteiger partial charge >= 0.3 is 0 Å². The summed E-state index contributed by atoms with van der Waals surface area (Å²) >= 11 is 0. The maximum absolute atomic E-state index is 12.5. The van der Waals surface area contributed by atoms with Gasteiger partial charge in [0.2, 0.25) is 6.79 Å². The van der Waals surface area contributed by atoms with Gasteiger partial charge in [-0.05, 0) is 54.6 Å². The van der Waals surface area contributed by atoms with E-state index in [1.807, 2.05) is 30.3 Å². The molecule has 0 saturated carbocycles. The average Bonchev–Trinajstić information content (AvgIpc) is 3.29. The highest BCUT2D eigenvalue weighted by atomic mass is 16.7. The van der Waals surface area contributed by atoms with Crippen molar-refractivity contribution < 1.29 is 14.3 Å². The molecule has 4 aromatic rings. The summed E-state index contributed by atoms with van der Waals surface area (Å²) in [6.07, 6.45) is 3.17. The van der Waals surface area contributed by atoms with Crippen LogP contribution < -0.4 is 25.4 Å². The standard InChI is InChI=1S/C23H18N6O3/c30-23(15-4-9-18-19(11-15)32-14-31-18)28-17-7-5-16(6-8-17)27-21-12-22(26-13-25-21)29-20-3-1-2-10-24-20/h1-13H,14H2,(H,28,30)(H2,24,25,26,27,29). The fourth-order valence-corrected chi connectivity index (χ4v) is 3.09. The molecule has 0 bridgehead atoms. The normalized spacial score (nSPS) is 11.6.